The molecule has 0 bridgehead atoms. The van der Waals surface area contributed by atoms with Crippen molar-refractivity contribution in [3.05, 3.63) is 56.4 Å². The van der Waals surface area contributed by atoms with Crippen LogP contribution in [-0.2, 0) is 11.3 Å². The van der Waals surface area contributed by atoms with E-state index >= 15 is 0 Å². The van der Waals surface area contributed by atoms with Gasteiger partial charge in [0, 0.05) is 40.9 Å². The largest absolute Gasteiger partial charge is 0.495 e. The van der Waals surface area contributed by atoms with Crippen LogP contribution in [0, 0.1) is 0 Å². The Morgan fingerprint density at radius 3 is 2.96 bits per heavy atom. The highest BCUT2D eigenvalue weighted by Gasteiger charge is 2.26. The van der Waals surface area contributed by atoms with Gasteiger partial charge in [0.1, 0.15) is 12.3 Å². The minimum absolute atomic E-state index is 0.00470. The molecule has 1 aromatic heterocycles. The highest BCUT2D eigenvalue weighted by atomic mass is 79.9. The summed E-state index contributed by atoms with van der Waals surface area (Å²) >= 11 is 9.41. The minimum Gasteiger partial charge on any atom is -0.495 e. The van der Waals surface area contributed by atoms with Gasteiger partial charge >= 0.3 is 0 Å². The molecule has 26 heavy (non-hydrogen) atoms. The van der Waals surface area contributed by atoms with Gasteiger partial charge in [0.2, 0.25) is 5.91 Å². The Labute approximate surface area is 164 Å². The molecule has 1 saturated heterocycles. The molecular formula is C18H19BrClN3O3. The molecule has 0 spiro atoms. The third kappa shape index (κ3) is 4.40. The maximum absolute atomic E-state index is 12.3. The molecule has 0 radical (unpaired) electrons. The number of hydrogen-bond acceptors (Lipinski definition) is 4. The van der Waals surface area contributed by atoms with E-state index in [9.17, 15) is 9.59 Å². The second-order valence-electron chi connectivity index (χ2n) is 6.13. The van der Waals surface area contributed by atoms with Crippen molar-refractivity contribution in [2.75, 3.05) is 25.1 Å². The SMILES string of the molecule is COc1ccc(Cl)cc1N1CCC(NC(=O)Cn2cc(Br)ccc2=O)C1. The van der Waals surface area contributed by atoms with Crippen LogP contribution in [0.1, 0.15) is 6.42 Å². The number of anilines is 1. The Hall–Kier alpha value is -1.99. The Morgan fingerprint density at radius 2 is 2.19 bits per heavy atom. The molecule has 1 fully saturated rings. The number of benzene rings is 1. The summed E-state index contributed by atoms with van der Waals surface area (Å²) in [5.41, 5.74) is 0.708. The molecule has 1 aromatic carbocycles. The fourth-order valence-corrected chi connectivity index (χ4v) is 3.61. The van der Waals surface area contributed by atoms with Crippen molar-refractivity contribution < 1.29 is 9.53 Å². The predicted molar refractivity (Wildman–Crippen MR) is 105 cm³/mol. The number of carbonyl (C=O) groups excluding carboxylic acids is 1. The zero-order chi connectivity index (χ0) is 18.7. The summed E-state index contributed by atoms with van der Waals surface area (Å²) in [6.45, 7) is 1.45. The Morgan fingerprint density at radius 1 is 1.38 bits per heavy atom. The van der Waals surface area contributed by atoms with Gasteiger partial charge in [-0.25, -0.2) is 0 Å². The lowest BCUT2D eigenvalue weighted by Crippen LogP contribution is -2.40. The fourth-order valence-electron chi connectivity index (χ4n) is 3.06. The van der Waals surface area contributed by atoms with Crippen LogP contribution in [0.2, 0.25) is 5.02 Å². The Balaban J connectivity index is 1.63. The number of rotatable bonds is 5. The average molecular weight is 441 g/mol. The van der Waals surface area contributed by atoms with E-state index < -0.39 is 0 Å². The number of pyridine rings is 1. The maximum Gasteiger partial charge on any atom is 0.251 e. The molecular weight excluding hydrogens is 422 g/mol. The maximum atomic E-state index is 12.3. The quantitative estimate of drug-likeness (QED) is 0.776. The highest BCUT2D eigenvalue weighted by Crippen LogP contribution is 2.33. The molecule has 1 aliphatic rings. The summed E-state index contributed by atoms with van der Waals surface area (Å²) in [5, 5.41) is 3.64. The van der Waals surface area contributed by atoms with Crippen molar-refractivity contribution in [1.82, 2.24) is 9.88 Å². The Bertz CT molecular complexity index is 871. The molecule has 138 valence electrons. The van der Waals surface area contributed by atoms with E-state index in [0.29, 0.717) is 11.6 Å². The predicted octanol–water partition coefficient (Wildman–Crippen LogP) is 2.67. The number of nitrogens with zero attached hydrogens (tertiary/aromatic N) is 2. The summed E-state index contributed by atoms with van der Waals surface area (Å²) in [6.07, 6.45) is 2.43. The molecule has 0 saturated carbocycles. The van der Waals surface area contributed by atoms with Gasteiger partial charge < -0.3 is 19.5 Å². The summed E-state index contributed by atoms with van der Waals surface area (Å²) in [5.74, 6) is 0.567. The second kappa shape index (κ2) is 8.14. The summed E-state index contributed by atoms with van der Waals surface area (Å²) in [6, 6.07) is 8.59. The van der Waals surface area contributed by atoms with Gasteiger partial charge in [-0.1, -0.05) is 11.6 Å². The molecule has 1 unspecified atom stereocenters. The van der Waals surface area contributed by atoms with Crippen LogP contribution in [0.15, 0.2) is 45.8 Å². The lowest BCUT2D eigenvalue weighted by Gasteiger charge is -2.22. The van der Waals surface area contributed by atoms with E-state index in [2.05, 4.69) is 26.1 Å². The van der Waals surface area contributed by atoms with E-state index in [4.69, 9.17) is 16.3 Å². The van der Waals surface area contributed by atoms with Crippen LogP contribution in [-0.4, -0.2) is 36.7 Å². The van der Waals surface area contributed by atoms with Crippen LogP contribution < -0.4 is 20.5 Å². The lowest BCUT2D eigenvalue weighted by molar-refractivity contribution is -0.122. The van der Waals surface area contributed by atoms with Crippen molar-refractivity contribution in [2.45, 2.75) is 19.0 Å². The standard InChI is InChI=1S/C18H19BrClN3O3/c1-26-16-4-3-13(20)8-15(16)22-7-6-14(10-22)21-17(24)11-23-9-12(19)2-5-18(23)25/h2-5,8-9,14H,6-7,10-11H2,1H3,(H,21,24). The number of hydrogen-bond donors (Lipinski definition) is 1. The number of nitrogens with one attached hydrogen (secondary N) is 1. The van der Waals surface area contributed by atoms with Crippen LogP contribution >= 0.6 is 27.5 Å². The third-order valence-corrected chi connectivity index (χ3v) is 5.00. The monoisotopic (exact) mass is 439 g/mol. The van der Waals surface area contributed by atoms with Crippen LogP contribution in [0.25, 0.3) is 0 Å². The molecule has 2 aromatic rings. The van der Waals surface area contributed by atoms with Crippen molar-refractivity contribution >= 4 is 39.1 Å². The molecule has 2 heterocycles. The first kappa shape index (κ1) is 18.8. The third-order valence-electron chi connectivity index (χ3n) is 4.30. The van der Waals surface area contributed by atoms with E-state index in [1.807, 2.05) is 12.1 Å². The van der Waals surface area contributed by atoms with Crippen molar-refractivity contribution in [1.29, 1.82) is 0 Å². The van der Waals surface area contributed by atoms with E-state index in [-0.39, 0.29) is 24.1 Å². The van der Waals surface area contributed by atoms with Gasteiger partial charge in [-0.05, 0) is 46.6 Å². The van der Waals surface area contributed by atoms with Crippen LogP contribution in [0.5, 0.6) is 5.75 Å². The highest BCUT2D eigenvalue weighted by molar-refractivity contribution is 9.10. The molecule has 1 N–H and O–H groups in total. The van der Waals surface area contributed by atoms with Crippen molar-refractivity contribution in [3.8, 4) is 5.75 Å². The van der Waals surface area contributed by atoms with Crippen LogP contribution in [0.3, 0.4) is 0 Å². The average Bonchev–Trinajstić information content (AvgIpc) is 3.06. The lowest BCUT2D eigenvalue weighted by atomic mass is 10.2. The van der Waals surface area contributed by atoms with Gasteiger partial charge in [-0.2, -0.15) is 0 Å². The van der Waals surface area contributed by atoms with E-state index in [0.717, 1.165) is 28.9 Å². The van der Waals surface area contributed by atoms with Gasteiger partial charge in [-0.3, -0.25) is 9.59 Å². The van der Waals surface area contributed by atoms with Gasteiger partial charge in [0.25, 0.3) is 5.56 Å². The number of aromatic nitrogens is 1. The molecule has 1 aliphatic heterocycles. The van der Waals surface area contributed by atoms with Crippen molar-refractivity contribution in [3.63, 3.8) is 0 Å². The topological polar surface area (TPSA) is 63.6 Å². The fraction of sp³-hybridized carbons (Fsp3) is 0.333. The Kier molecular flexibility index (Phi) is 5.88. The van der Waals surface area contributed by atoms with E-state index in [1.165, 1.54) is 10.6 Å². The number of methoxy groups -OCH3 is 1. The van der Waals surface area contributed by atoms with Crippen molar-refractivity contribution in [2.24, 2.45) is 0 Å². The van der Waals surface area contributed by atoms with E-state index in [1.54, 1.807) is 25.4 Å². The number of ether oxygens (including phenoxy) is 1. The minimum atomic E-state index is -0.208. The number of amides is 1. The first-order chi connectivity index (χ1) is 12.5. The van der Waals surface area contributed by atoms with Gasteiger partial charge in [-0.15, -0.1) is 0 Å². The second-order valence-corrected chi connectivity index (χ2v) is 7.48. The van der Waals surface area contributed by atoms with Crippen LogP contribution in [0.4, 0.5) is 5.69 Å². The van der Waals surface area contributed by atoms with Gasteiger partial charge in [0.05, 0.1) is 12.8 Å². The summed E-state index contributed by atoms with van der Waals surface area (Å²) in [7, 11) is 1.62. The number of carbonyl (C=O) groups is 1. The number of halogens is 2. The molecule has 1 amide bonds. The zero-order valence-electron chi connectivity index (χ0n) is 14.2. The normalized spacial score (nSPS) is 16.6. The molecule has 0 aliphatic carbocycles. The smallest absolute Gasteiger partial charge is 0.251 e. The first-order valence-electron chi connectivity index (χ1n) is 8.20. The summed E-state index contributed by atoms with van der Waals surface area (Å²) < 4.78 is 7.54. The first-order valence-corrected chi connectivity index (χ1v) is 9.37. The molecule has 8 heteroatoms. The molecule has 6 nitrogen and oxygen atoms in total. The summed E-state index contributed by atoms with van der Waals surface area (Å²) in [4.78, 5) is 26.3. The molecule has 3 rings (SSSR count). The zero-order valence-corrected chi connectivity index (χ0v) is 16.6. The van der Waals surface area contributed by atoms with Gasteiger partial charge in [0.15, 0.2) is 0 Å². The molecule has 1 atom stereocenters.